The second kappa shape index (κ2) is 2.79. The lowest BCUT2D eigenvalue weighted by Crippen LogP contribution is -1.78. The summed E-state index contributed by atoms with van der Waals surface area (Å²) in [7, 11) is 0. The summed E-state index contributed by atoms with van der Waals surface area (Å²) in [6.45, 7) is -0.268. The van der Waals surface area contributed by atoms with Gasteiger partial charge in [0.15, 0.2) is 5.76 Å². The summed E-state index contributed by atoms with van der Waals surface area (Å²) in [4.78, 5) is 0. The molecule has 1 N–H and O–H groups in total. The van der Waals surface area contributed by atoms with Gasteiger partial charge in [-0.25, -0.2) is 8.78 Å². The zero-order valence-corrected chi connectivity index (χ0v) is 5.05. The standard InChI is InChI=1S/C6H6F2O2/c7-6(8)5-1-4(2-9)3-10-5/h1,3,6,9H,2H2. The van der Waals surface area contributed by atoms with E-state index in [4.69, 9.17) is 5.11 Å². The first-order chi connectivity index (χ1) is 4.74. The number of aliphatic hydroxyl groups excluding tert-OH is 1. The van der Waals surface area contributed by atoms with Crippen molar-refractivity contribution in [1.29, 1.82) is 0 Å². The normalized spacial score (nSPS) is 10.8. The maximum Gasteiger partial charge on any atom is 0.295 e. The van der Waals surface area contributed by atoms with Gasteiger partial charge in [0.1, 0.15) is 0 Å². The number of rotatable bonds is 2. The number of halogens is 2. The number of aliphatic hydroxyl groups is 1. The van der Waals surface area contributed by atoms with E-state index in [0.717, 1.165) is 12.3 Å². The number of hydrogen-bond donors (Lipinski definition) is 1. The molecule has 0 aliphatic carbocycles. The van der Waals surface area contributed by atoms with Crippen LogP contribution in [0.1, 0.15) is 17.7 Å². The Kier molecular flexibility index (Phi) is 2.01. The molecule has 0 radical (unpaired) electrons. The maximum absolute atomic E-state index is 11.7. The Labute approximate surface area is 56.1 Å². The van der Waals surface area contributed by atoms with Crippen LogP contribution in [-0.4, -0.2) is 5.11 Å². The molecule has 2 nitrogen and oxygen atoms in total. The van der Waals surface area contributed by atoms with Crippen molar-refractivity contribution >= 4 is 0 Å². The molecule has 0 saturated heterocycles. The van der Waals surface area contributed by atoms with Crippen LogP contribution in [-0.2, 0) is 6.61 Å². The monoisotopic (exact) mass is 148 g/mol. The van der Waals surface area contributed by atoms with Gasteiger partial charge < -0.3 is 9.52 Å². The van der Waals surface area contributed by atoms with Gasteiger partial charge in [-0.3, -0.25) is 0 Å². The van der Waals surface area contributed by atoms with E-state index in [-0.39, 0.29) is 6.61 Å². The average molecular weight is 148 g/mol. The van der Waals surface area contributed by atoms with Crippen LogP contribution in [0.3, 0.4) is 0 Å². The largest absolute Gasteiger partial charge is 0.463 e. The molecular formula is C6H6F2O2. The molecule has 0 aromatic carbocycles. The molecule has 0 spiro atoms. The zero-order chi connectivity index (χ0) is 7.56. The van der Waals surface area contributed by atoms with Gasteiger partial charge in [-0.15, -0.1) is 0 Å². The molecule has 0 unspecified atom stereocenters. The highest BCUT2D eigenvalue weighted by molar-refractivity contribution is 5.12. The van der Waals surface area contributed by atoms with Gasteiger partial charge in [0.25, 0.3) is 6.43 Å². The van der Waals surface area contributed by atoms with Gasteiger partial charge in [-0.1, -0.05) is 0 Å². The first kappa shape index (κ1) is 7.21. The summed E-state index contributed by atoms with van der Waals surface area (Å²) >= 11 is 0. The Morgan fingerprint density at radius 2 is 2.30 bits per heavy atom. The Balaban J connectivity index is 2.78. The predicted molar refractivity (Wildman–Crippen MR) is 29.6 cm³/mol. The number of alkyl halides is 2. The van der Waals surface area contributed by atoms with E-state index >= 15 is 0 Å². The highest BCUT2D eigenvalue weighted by Gasteiger charge is 2.11. The molecule has 0 fully saturated rings. The molecule has 56 valence electrons. The molecule has 0 saturated carbocycles. The lowest BCUT2D eigenvalue weighted by atomic mass is 10.3. The second-order valence-corrected chi connectivity index (χ2v) is 1.82. The van der Waals surface area contributed by atoms with Gasteiger partial charge >= 0.3 is 0 Å². The summed E-state index contributed by atoms with van der Waals surface area (Å²) in [6.07, 6.45) is -1.48. The minimum atomic E-state index is -2.60. The summed E-state index contributed by atoms with van der Waals surface area (Å²) in [5, 5.41) is 8.43. The van der Waals surface area contributed by atoms with Crippen molar-refractivity contribution in [1.82, 2.24) is 0 Å². The van der Waals surface area contributed by atoms with Gasteiger partial charge in [-0.2, -0.15) is 0 Å². The quantitative estimate of drug-likeness (QED) is 0.692. The molecule has 1 heterocycles. The summed E-state index contributed by atoms with van der Waals surface area (Å²) in [6, 6.07) is 1.13. The van der Waals surface area contributed by atoms with Crippen LogP contribution in [0.25, 0.3) is 0 Å². The van der Waals surface area contributed by atoms with E-state index < -0.39 is 12.2 Å². The third kappa shape index (κ3) is 1.33. The minimum absolute atomic E-state index is 0.268. The fourth-order valence-corrected chi connectivity index (χ4v) is 0.592. The smallest absolute Gasteiger partial charge is 0.295 e. The first-order valence-electron chi connectivity index (χ1n) is 2.70. The fraction of sp³-hybridized carbons (Fsp3) is 0.333. The minimum Gasteiger partial charge on any atom is -0.463 e. The second-order valence-electron chi connectivity index (χ2n) is 1.82. The van der Waals surface area contributed by atoms with Crippen LogP contribution in [0, 0.1) is 0 Å². The van der Waals surface area contributed by atoms with Crippen LogP contribution in [0.5, 0.6) is 0 Å². The molecule has 0 bridgehead atoms. The lowest BCUT2D eigenvalue weighted by Gasteiger charge is -1.87. The lowest BCUT2D eigenvalue weighted by molar-refractivity contribution is 0.122. The summed E-state index contributed by atoms with van der Waals surface area (Å²) in [5.74, 6) is -0.399. The van der Waals surface area contributed by atoms with E-state index in [1.807, 2.05) is 0 Å². The van der Waals surface area contributed by atoms with Gasteiger partial charge in [0, 0.05) is 5.56 Å². The summed E-state index contributed by atoms with van der Waals surface area (Å²) < 4.78 is 27.9. The van der Waals surface area contributed by atoms with Gasteiger partial charge in [0.05, 0.1) is 12.9 Å². The molecule has 0 atom stereocenters. The van der Waals surface area contributed by atoms with E-state index in [9.17, 15) is 8.78 Å². The van der Waals surface area contributed by atoms with Crippen LogP contribution in [0.15, 0.2) is 16.7 Å². The van der Waals surface area contributed by atoms with Crippen molar-refractivity contribution in [3.63, 3.8) is 0 Å². The van der Waals surface area contributed by atoms with E-state index in [0.29, 0.717) is 5.56 Å². The van der Waals surface area contributed by atoms with Crippen molar-refractivity contribution in [3.05, 3.63) is 23.7 Å². The highest BCUT2D eigenvalue weighted by Crippen LogP contribution is 2.20. The molecule has 10 heavy (non-hydrogen) atoms. The van der Waals surface area contributed by atoms with Crippen molar-refractivity contribution in [3.8, 4) is 0 Å². The SMILES string of the molecule is OCc1coc(C(F)F)c1. The van der Waals surface area contributed by atoms with Crippen LogP contribution >= 0.6 is 0 Å². The Bertz CT molecular complexity index is 207. The maximum atomic E-state index is 11.7. The van der Waals surface area contributed by atoms with Crippen LogP contribution < -0.4 is 0 Å². The molecule has 4 heteroatoms. The van der Waals surface area contributed by atoms with E-state index in [2.05, 4.69) is 4.42 Å². The molecule has 1 aromatic heterocycles. The number of furan rings is 1. The van der Waals surface area contributed by atoms with Gasteiger partial charge in [0.2, 0.25) is 0 Å². The molecular weight excluding hydrogens is 142 g/mol. The van der Waals surface area contributed by atoms with Crippen molar-refractivity contribution < 1.29 is 18.3 Å². The van der Waals surface area contributed by atoms with Crippen LogP contribution in [0.2, 0.25) is 0 Å². The highest BCUT2D eigenvalue weighted by atomic mass is 19.3. The molecule has 1 aromatic rings. The van der Waals surface area contributed by atoms with E-state index in [1.54, 1.807) is 0 Å². The molecule has 0 amide bonds. The first-order valence-corrected chi connectivity index (χ1v) is 2.70. The molecule has 0 aliphatic rings. The predicted octanol–water partition coefficient (Wildman–Crippen LogP) is 1.71. The van der Waals surface area contributed by atoms with Crippen LogP contribution in [0.4, 0.5) is 8.78 Å². The van der Waals surface area contributed by atoms with Crippen molar-refractivity contribution in [2.75, 3.05) is 0 Å². The van der Waals surface area contributed by atoms with Crippen molar-refractivity contribution in [2.45, 2.75) is 13.0 Å². The molecule has 1 rings (SSSR count). The Hall–Kier alpha value is -0.900. The Morgan fingerprint density at radius 1 is 1.60 bits per heavy atom. The zero-order valence-electron chi connectivity index (χ0n) is 5.05. The summed E-state index contributed by atoms with van der Waals surface area (Å²) in [5.41, 5.74) is 0.371. The van der Waals surface area contributed by atoms with Gasteiger partial charge in [-0.05, 0) is 6.07 Å². The topological polar surface area (TPSA) is 33.4 Å². The Morgan fingerprint density at radius 3 is 2.60 bits per heavy atom. The number of hydrogen-bond acceptors (Lipinski definition) is 2. The average Bonchev–Trinajstić information content (AvgIpc) is 2.34. The fourth-order valence-electron chi connectivity index (χ4n) is 0.592. The molecule has 0 aliphatic heterocycles. The third-order valence-corrected chi connectivity index (χ3v) is 1.07. The van der Waals surface area contributed by atoms with E-state index in [1.165, 1.54) is 0 Å². The third-order valence-electron chi connectivity index (χ3n) is 1.07. The van der Waals surface area contributed by atoms with Crippen molar-refractivity contribution in [2.24, 2.45) is 0 Å².